The van der Waals surface area contributed by atoms with Crippen molar-refractivity contribution in [3.8, 4) is 0 Å². The summed E-state index contributed by atoms with van der Waals surface area (Å²) in [6.07, 6.45) is -3.71. The molecular formula is C15H21ClF3N3O. The number of hydrogen-bond acceptors (Lipinski definition) is 4. The average molecular weight is 352 g/mol. The van der Waals surface area contributed by atoms with Gasteiger partial charge in [0.15, 0.2) is 0 Å². The molecule has 2 heterocycles. The highest BCUT2D eigenvalue weighted by Crippen LogP contribution is 2.32. The van der Waals surface area contributed by atoms with Gasteiger partial charge in [0.05, 0.1) is 23.3 Å². The molecule has 1 aliphatic rings. The minimum Gasteiger partial charge on any atom is -0.374 e. The molecule has 4 nitrogen and oxygen atoms in total. The minimum atomic E-state index is -4.45. The maximum Gasteiger partial charge on any atom is 0.417 e. The summed E-state index contributed by atoms with van der Waals surface area (Å²) in [6, 6.07) is 0.879. The van der Waals surface area contributed by atoms with Gasteiger partial charge < -0.3 is 10.1 Å². The largest absolute Gasteiger partial charge is 0.417 e. The number of ether oxygens (including phenoxy) is 1. The van der Waals surface area contributed by atoms with Crippen molar-refractivity contribution in [3.63, 3.8) is 0 Å². The van der Waals surface area contributed by atoms with Gasteiger partial charge in [0.2, 0.25) is 0 Å². The Labute approximate surface area is 139 Å². The van der Waals surface area contributed by atoms with E-state index in [1.165, 1.54) is 0 Å². The molecule has 130 valence electrons. The van der Waals surface area contributed by atoms with Crippen LogP contribution in [0.1, 0.15) is 19.4 Å². The predicted octanol–water partition coefficient (Wildman–Crippen LogP) is 3.52. The van der Waals surface area contributed by atoms with Crippen molar-refractivity contribution in [1.82, 2.24) is 9.88 Å². The number of rotatable bonds is 5. The molecule has 2 rings (SSSR count). The average Bonchev–Trinajstić information content (AvgIpc) is 2.44. The van der Waals surface area contributed by atoms with Gasteiger partial charge in [-0.05, 0) is 12.0 Å². The van der Waals surface area contributed by atoms with E-state index < -0.39 is 11.7 Å². The van der Waals surface area contributed by atoms with Crippen molar-refractivity contribution in [3.05, 3.63) is 22.8 Å². The second-order valence-corrected chi connectivity index (χ2v) is 6.49. The van der Waals surface area contributed by atoms with Crippen molar-refractivity contribution in [2.75, 3.05) is 38.1 Å². The van der Waals surface area contributed by atoms with E-state index in [1.807, 2.05) is 0 Å². The monoisotopic (exact) mass is 351 g/mol. The van der Waals surface area contributed by atoms with Gasteiger partial charge in [-0.3, -0.25) is 4.90 Å². The molecule has 1 aromatic heterocycles. The third-order valence-electron chi connectivity index (χ3n) is 3.51. The summed E-state index contributed by atoms with van der Waals surface area (Å²) in [6.45, 7) is 8.10. The van der Waals surface area contributed by atoms with E-state index in [1.54, 1.807) is 0 Å². The zero-order valence-corrected chi connectivity index (χ0v) is 13.9. The number of hydrogen-bond donors (Lipinski definition) is 1. The zero-order valence-electron chi connectivity index (χ0n) is 13.2. The Morgan fingerprint density at radius 1 is 1.48 bits per heavy atom. The third kappa shape index (κ3) is 5.51. The van der Waals surface area contributed by atoms with Gasteiger partial charge in [-0.1, -0.05) is 25.4 Å². The summed E-state index contributed by atoms with van der Waals surface area (Å²) in [5, 5.41) is 2.93. The fourth-order valence-electron chi connectivity index (χ4n) is 2.52. The van der Waals surface area contributed by atoms with Crippen LogP contribution in [0.3, 0.4) is 0 Å². The van der Waals surface area contributed by atoms with Crippen molar-refractivity contribution in [1.29, 1.82) is 0 Å². The lowest BCUT2D eigenvalue weighted by Gasteiger charge is -2.34. The summed E-state index contributed by atoms with van der Waals surface area (Å²) in [4.78, 5) is 6.09. The number of nitrogens with zero attached hydrogens (tertiary/aromatic N) is 2. The second kappa shape index (κ2) is 7.68. The van der Waals surface area contributed by atoms with Gasteiger partial charge in [0, 0.05) is 32.4 Å². The topological polar surface area (TPSA) is 37.4 Å². The molecule has 0 bridgehead atoms. The minimum absolute atomic E-state index is 0.0392. The molecule has 0 spiro atoms. The molecule has 0 radical (unpaired) electrons. The number of halogens is 4. The Morgan fingerprint density at radius 3 is 2.83 bits per heavy atom. The van der Waals surface area contributed by atoms with Gasteiger partial charge in [0.1, 0.15) is 5.82 Å². The molecule has 0 aliphatic carbocycles. The van der Waals surface area contributed by atoms with Gasteiger partial charge in [-0.25, -0.2) is 4.98 Å². The normalized spacial score (nSPS) is 20.0. The van der Waals surface area contributed by atoms with Crippen LogP contribution in [0, 0.1) is 5.92 Å². The van der Waals surface area contributed by atoms with Crippen LogP contribution in [0.4, 0.5) is 19.0 Å². The lowest BCUT2D eigenvalue weighted by molar-refractivity contribution is -0.137. The molecule has 1 aliphatic heterocycles. The zero-order chi connectivity index (χ0) is 17.0. The highest BCUT2D eigenvalue weighted by molar-refractivity contribution is 6.32. The van der Waals surface area contributed by atoms with Crippen LogP contribution in [0.2, 0.25) is 5.02 Å². The van der Waals surface area contributed by atoms with E-state index in [0.29, 0.717) is 19.1 Å². The Balaban J connectivity index is 1.90. The van der Waals surface area contributed by atoms with Crippen LogP contribution >= 0.6 is 11.6 Å². The first-order chi connectivity index (χ1) is 10.8. The maximum absolute atomic E-state index is 12.6. The van der Waals surface area contributed by atoms with E-state index in [4.69, 9.17) is 16.3 Å². The number of aromatic nitrogens is 1. The molecule has 1 atom stereocenters. The molecule has 1 fully saturated rings. The Hall–Kier alpha value is -1.05. The number of nitrogens with one attached hydrogen (secondary N) is 1. The Kier molecular flexibility index (Phi) is 6.11. The van der Waals surface area contributed by atoms with Crippen LogP contribution in [0.25, 0.3) is 0 Å². The predicted molar refractivity (Wildman–Crippen MR) is 83.8 cm³/mol. The fraction of sp³-hybridized carbons (Fsp3) is 0.667. The van der Waals surface area contributed by atoms with E-state index in [-0.39, 0.29) is 16.9 Å². The van der Waals surface area contributed by atoms with E-state index in [2.05, 4.69) is 29.0 Å². The standard InChI is InChI=1S/C15H21ClF3N3O/c1-10(2)8-22-3-4-23-12(9-22)7-21-14-13(16)5-11(6-20-14)15(17,18)19/h5-6,10,12H,3-4,7-9H2,1-2H3,(H,20,21). The maximum atomic E-state index is 12.6. The lowest BCUT2D eigenvalue weighted by Crippen LogP contribution is -2.46. The van der Waals surface area contributed by atoms with E-state index in [0.717, 1.165) is 31.9 Å². The van der Waals surface area contributed by atoms with Gasteiger partial charge in [0.25, 0.3) is 0 Å². The summed E-state index contributed by atoms with van der Waals surface area (Å²) in [5.74, 6) is 0.817. The smallest absolute Gasteiger partial charge is 0.374 e. The van der Waals surface area contributed by atoms with Gasteiger partial charge in [-0.15, -0.1) is 0 Å². The molecular weight excluding hydrogens is 331 g/mol. The Morgan fingerprint density at radius 2 is 2.22 bits per heavy atom. The number of morpholine rings is 1. The number of pyridine rings is 1. The van der Waals surface area contributed by atoms with Crippen LogP contribution in [-0.4, -0.2) is 48.8 Å². The van der Waals surface area contributed by atoms with Gasteiger partial charge >= 0.3 is 6.18 Å². The summed E-state index contributed by atoms with van der Waals surface area (Å²) < 4.78 is 43.4. The molecule has 1 unspecified atom stereocenters. The molecule has 1 N–H and O–H groups in total. The number of anilines is 1. The summed E-state index contributed by atoms with van der Waals surface area (Å²) >= 11 is 5.87. The van der Waals surface area contributed by atoms with Crippen molar-refractivity contribution < 1.29 is 17.9 Å². The van der Waals surface area contributed by atoms with Crippen LogP contribution < -0.4 is 5.32 Å². The van der Waals surface area contributed by atoms with Crippen molar-refractivity contribution in [2.45, 2.75) is 26.1 Å². The quantitative estimate of drug-likeness (QED) is 0.880. The highest BCUT2D eigenvalue weighted by Gasteiger charge is 2.31. The van der Waals surface area contributed by atoms with E-state index in [9.17, 15) is 13.2 Å². The van der Waals surface area contributed by atoms with Crippen LogP contribution in [0.5, 0.6) is 0 Å². The number of alkyl halides is 3. The molecule has 1 saturated heterocycles. The van der Waals surface area contributed by atoms with Crippen LogP contribution in [-0.2, 0) is 10.9 Å². The summed E-state index contributed by atoms with van der Waals surface area (Å²) in [7, 11) is 0. The summed E-state index contributed by atoms with van der Waals surface area (Å²) in [5.41, 5.74) is -0.856. The second-order valence-electron chi connectivity index (χ2n) is 6.08. The highest BCUT2D eigenvalue weighted by atomic mass is 35.5. The molecule has 0 amide bonds. The Bertz CT molecular complexity index is 525. The molecule has 1 aromatic rings. The molecule has 23 heavy (non-hydrogen) atoms. The molecule has 0 aromatic carbocycles. The van der Waals surface area contributed by atoms with E-state index >= 15 is 0 Å². The first kappa shape index (κ1) is 18.3. The van der Waals surface area contributed by atoms with Crippen molar-refractivity contribution >= 4 is 17.4 Å². The third-order valence-corrected chi connectivity index (χ3v) is 3.80. The van der Waals surface area contributed by atoms with Crippen LogP contribution in [0.15, 0.2) is 12.3 Å². The fourth-order valence-corrected chi connectivity index (χ4v) is 2.75. The SMILES string of the molecule is CC(C)CN1CCOC(CNc2ncc(C(F)(F)F)cc2Cl)C1. The molecule has 0 saturated carbocycles. The van der Waals surface area contributed by atoms with Gasteiger partial charge in [-0.2, -0.15) is 13.2 Å². The van der Waals surface area contributed by atoms with Crippen molar-refractivity contribution in [2.24, 2.45) is 5.92 Å². The first-order valence-corrected chi connectivity index (χ1v) is 7.94. The molecule has 8 heteroatoms. The lowest BCUT2D eigenvalue weighted by atomic mass is 10.2. The first-order valence-electron chi connectivity index (χ1n) is 7.56.